The van der Waals surface area contributed by atoms with Crippen molar-refractivity contribution in [3.8, 4) is 0 Å². The van der Waals surface area contributed by atoms with E-state index in [1.165, 1.54) is 12.1 Å². The summed E-state index contributed by atoms with van der Waals surface area (Å²) < 4.78 is 17.3. The normalized spacial score (nSPS) is 10.4. The van der Waals surface area contributed by atoms with Crippen LogP contribution in [-0.2, 0) is 6.54 Å². The first-order valence-corrected chi connectivity index (χ1v) is 5.75. The summed E-state index contributed by atoms with van der Waals surface area (Å²) >= 11 is 7.04. The molecule has 1 aromatic carbocycles. The van der Waals surface area contributed by atoms with Crippen molar-refractivity contribution >= 4 is 28.8 Å². The zero-order chi connectivity index (χ0) is 11.5. The minimum atomic E-state index is -0.258. The SMILES string of the molecule is CN(Cc1nnsc1Cl)c1cccc(F)c1. The standard InChI is InChI=1S/C10H9ClFN3S/c1-15(6-9-10(11)16-14-13-9)8-4-2-3-7(12)5-8/h2-5H,6H2,1H3. The molecule has 3 nitrogen and oxygen atoms in total. The molecule has 84 valence electrons. The lowest BCUT2D eigenvalue weighted by molar-refractivity contribution is 0.627. The number of rotatable bonds is 3. The van der Waals surface area contributed by atoms with Crippen molar-refractivity contribution < 1.29 is 4.39 Å². The molecule has 0 aliphatic rings. The highest BCUT2D eigenvalue weighted by atomic mass is 35.5. The van der Waals surface area contributed by atoms with E-state index in [1.54, 1.807) is 6.07 Å². The van der Waals surface area contributed by atoms with Gasteiger partial charge in [-0.25, -0.2) is 4.39 Å². The van der Waals surface area contributed by atoms with E-state index in [9.17, 15) is 4.39 Å². The molecule has 0 aliphatic carbocycles. The Bertz CT molecular complexity index is 488. The molecule has 0 N–H and O–H groups in total. The molecule has 0 fully saturated rings. The number of anilines is 1. The summed E-state index contributed by atoms with van der Waals surface area (Å²) in [6.45, 7) is 0.513. The highest BCUT2D eigenvalue weighted by Crippen LogP contribution is 2.21. The van der Waals surface area contributed by atoms with Gasteiger partial charge in [0.25, 0.3) is 0 Å². The number of hydrogen-bond donors (Lipinski definition) is 0. The molecule has 0 spiro atoms. The molecule has 0 amide bonds. The topological polar surface area (TPSA) is 29.0 Å². The van der Waals surface area contributed by atoms with Gasteiger partial charge in [-0.15, -0.1) is 5.10 Å². The first kappa shape index (κ1) is 11.3. The second kappa shape index (κ2) is 4.76. The Balaban J connectivity index is 2.14. The average molecular weight is 258 g/mol. The summed E-state index contributed by atoms with van der Waals surface area (Å²) in [5.41, 5.74) is 1.49. The van der Waals surface area contributed by atoms with Gasteiger partial charge < -0.3 is 4.90 Å². The van der Waals surface area contributed by atoms with E-state index < -0.39 is 0 Å². The molecule has 0 saturated carbocycles. The van der Waals surface area contributed by atoms with Gasteiger partial charge in [-0.05, 0) is 18.2 Å². The summed E-state index contributed by atoms with van der Waals surface area (Å²) in [6, 6.07) is 6.38. The molecular weight excluding hydrogens is 249 g/mol. The van der Waals surface area contributed by atoms with Gasteiger partial charge in [-0.2, -0.15) is 0 Å². The first-order chi connectivity index (χ1) is 7.66. The van der Waals surface area contributed by atoms with E-state index in [4.69, 9.17) is 11.6 Å². The largest absolute Gasteiger partial charge is 0.368 e. The fourth-order valence-corrected chi connectivity index (χ4v) is 1.93. The van der Waals surface area contributed by atoms with Gasteiger partial charge in [0.1, 0.15) is 15.8 Å². The van der Waals surface area contributed by atoms with Gasteiger partial charge in [0.15, 0.2) is 0 Å². The van der Waals surface area contributed by atoms with Crippen LogP contribution in [0.4, 0.5) is 10.1 Å². The van der Waals surface area contributed by atoms with Crippen molar-refractivity contribution in [2.75, 3.05) is 11.9 Å². The Hall–Kier alpha value is -1.20. The lowest BCUT2D eigenvalue weighted by Gasteiger charge is -2.17. The zero-order valence-corrected chi connectivity index (χ0v) is 10.1. The molecule has 0 saturated heterocycles. The summed E-state index contributed by atoms with van der Waals surface area (Å²) in [6.07, 6.45) is 0. The Morgan fingerprint density at radius 1 is 1.50 bits per heavy atom. The van der Waals surface area contributed by atoms with Crippen molar-refractivity contribution in [2.24, 2.45) is 0 Å². The van der Waals surface area contributed by atoms with Crippen LogP contribution >= 0.6 is 23.1 Å². The molecule has 6 heteroatoms. The Morgan fingerprint density at radius 3 is 2.94 bits per heavy atom. The van der Waals surface area contributed by atoms with Crippen LogP contribution < -0.4 is 4.90 Å². The van der Waals surface area contributed by atoms with Gasteiger partial charge in [-0.3, -0.25) is 0 Å². The monoisotopic (exact) mass is 257 g/mol. The van der Waals surface area contributed by atoms with Crippen LogP contribution in [0.15, 0.2) is 24.3 Å². The lowest BCUT2D eigenvalue weighted by atomic mass is 10.3. The van der Waals surface area contributed by atoms with Crippen LogP contribution in [0.2, 0.25) is 4.34 Å². The average Bonchev–Trinajstić information content (AvgIpc) is 2.64. The Labute approximate surface area is 102 Å². The molecule has 2 aromatic rings. The maximum absolute atomic E-state index is 13.0. The number of hydrogen-bond acceptors (Lipinski definition) is 4. The van der Waals surface area contributed by atoms with E-state index in [0.29, 0.717) is 16.6 Å². The van der Waals surface area contributed by atoms with Crippen molar-refractivity contribution in [1.29, 1.82) is 0 Å². The first-order valence-electron chi connectivity index (χ1n) is 4.60. The molecule has 0 aliphatic heterocycles. The molecular formula is C10H9ClFN3S. The quantitative estimate of drug-likeness (QED) is 0.847. The fourth-order valence-electron chi connectivity index (χ4n) is 1.32. The number of aromatic nitrogens is 2. The van der Waals surface area contributed by atoms with Gasteiger partial charge in [0.05, 0.1) is 6.54 Å². The molecule has 1 aromatic heterocycles. The van der Waals surface area contributed by atoms with Crippen LogP contribution in [0.3, 0.4) is 0 Å². The van der Waals surface area contributed by atoms with Crippen LogP contribution in [-0.4, -0.2) is 16.6 Å². The second-order valence-electron chi connectivity index (χ2n) is 3.33. The van der Waals surface area contributed by atoms with Crippen molar-refractivity contribution in [1.82, 2.24) is 9.59 Å². The molecule has 0 bridgehead atoms. The van der Waals surface area contributed by atoms with E-state index in [2.05, 4.69) is 9.59 Å². The fraction of sp³-hybridized carbons (Fsp3) is 0.200. The number of halogens is 2. The summed E-state index contributed by atoms with van der Waals surface area (Å²) in [5, 5.41) is 3.90. The van der Waals surface area contributed by atoms with Crippen molar-refractivity contribution in [2.45, 2.75) is 6.54 Å². The maximum Gasteiger partial charge on any atom is 0.139 e. The van der Waals surface area contributed by atoms with Crippen LogP contribution in [0.5, 0.6) is 0 Å². The van der Waals surface area contributed by atoms with E-state index in [1.807, 2.05) is 18.0 Å². The third kappa shape index (κ3) is 2.48. The third-order valence-corrected chi connectivity index (χ3v) is 3.13. The van der Waals surface area contributed by atoms with Crippen molar-refractivity contribution in [3.05, 3.63) is 40.1 Å². The van der Waals surface area contributed by atoms with Crippen LogP contribution in [0, 0.1) is 5.82 Å². The lowest BCUT2D eigenvalue weighted by Crippen LogP contribution is -2.16. The number of benzene rings is 1. The molecule has 16 heavy (non-hydrogen) atoms. The molecule has 2 rings (SSSR count). The van der Waals surface area contributed by atoms with Crippen LogP contribution in [0.25, 0.3) is 0 Å². The molecule has 0 radical (unpaired) electrons. The smallest absolute Gasteiger partial charge is 0.139 e. The van der Waals surface area contributed by atoms with Gasteiger partial charge in [0.2, 0.25) is 0 Å². The summed E-state index contributed by atoms with van der Waals surface area (Å²) in [5.74, 6) is -0.258. The zero-order valence-electron chi connectivity index (χ0n) is 8.52. The van der Waals surface area contributed by atoms with E-state index >= 15 is 0 Å². The second-order valence-corrected chi connectivity index (χ2v) is 4.69. The molecule has 0 atom stereocenters. The highest BCUT2D eigenvalue weighted by Gasteiger charge is 2.09. The maximum atomic E-state index is 13.0. The van der Waals surface area contributed by atoms with Gasteiger partial charge in [-0.1, -0.05) is 22.2 Å². The van der Waals surface area contributed by atoms with Crippen molar-refractivity contribution in [3.63, 3.8) is 0 Å². The third-order valence-electron chi connectivity index (χ3n) is 2.15. The minimum Gasteiger partial charge on any atom is -0.368 e. The predicted molar refractivity (Wildman–Crippen MR) is 63.4 cm³/mol. The van der Waals surface area contributed by atoms with Gasteiger partial charge >= 0.3 is 0 Å². The summed E-state index contributed by atoms with van der Waals surface area (Å²) in [4.78, 5) is 1.87. The van der Waals surface area contributed by atoms with E-state index in [0.717, 1.165) is 17.2 Å². The number of nitrogens with zero attached hydrogens (tertiary/aromatic N) is 3. The van der Waals surface area contributed by atoms with Gasteiger partial charge in [0, 0.05) is 24.3 Å². The highest BCUT2D eigenvalue weighted by molar-refractivity contribution is 7.10. The Morgan fingerprint density at radius 2 is 2.31 bits per heavy atom. The summed E-state index contributed by atoms with van der Waals surface area (Å²) in [7, 11) is 1.85. The Kier molecular flexibility index (Phi) is 3.36. The van der Waals surface area contributed by atoms with E-state index in [-0.39, 0.29) is 5.82 Å². The molecule has 1 heterocycles. The molecule has 0 unspecified atom stereocenters. The minimum absolute atomic E-state index is 0.258. The van der Waals surface area contributed by atoms with Crippen LogP contribution in [0.1, 0.15) is 5.69 Å². The predicted octanol–water partition coefficient (Wildman–Crippen LogP) is 2.97.